The number of nitrogens with zero attached hydrogens (tertiary/aromatic N) is 1. The third kappa shape index (κ3) is 5.44. The fourth-order valence-electron chi connectivity index (χ4n) is 2.64. The molecule has 0 saturated carbocycles. The first-order valence-corrected chi connectivity index (χ1v) is 9.11. The Balaban J connectivity index is 1.86. The Morgan fingerprint density at radius 3 is 2.35 bits per heavy atom. The van der Waals surface area contributed by atoms with Crippen LogP contribution in [-0.2, 0) is 9.59 Å². The summed E-state index contributed by atoms with van der Waals surface area (Å²) in [7, 11) is 1.33. The molecule has 0 aliphatic carbocycles. The predicted octanol–water partition coefficient (Wildman–Crippen LogP) is 3.52. The number of urea groups is 1. The molecule has 1 aromatic rings. The van der Waals surface area contributed by atoms with Crippen LogP contribution in [0.5, 0.6) is 5.75 Å². The minimum Gasteiger partial charge on any atom is -0.494 e. The average molecular weight is 358 g/mol. The van der Waals surface area contributed by atoms with E-state index in [4.69, 9.17) is 4.74 Å². The molecule has 1 aliphatic rings. The van der Waals surface area contributed by atoms with Gasteiger partial charge in [-0.25, -0.2) is 4.79 Å². The van der Waals surface area contributed by atoms with Crippen LogP contribution in [0.25, 0.3) is 6.08 Å². The maximum absolute atomic E-state index is 12.0. The molecule has 0 unspecified atom stereocenters. The molecule has 0 bridgehead atoms. The fourth-order valence-corrected chi connectivity index (χ4v) is 2.64. The summed E-state index contributed by atoms with van der Waals surface area (Å²) in [6.07, 6.45) is 8.75. The molecule has 6 heteroatoms. The van der Waals surface area contributed by atoms with Gasteiger partial charge in [0.2, 0.25) is 0 Å². The molecule has 1 N–H and O–H groups in total. The topological polar surface area (TPSA) is 75.7 Å². The van der Waals surface area contributed by atoms with Crippen molar-refractivity contribution in [2.75, 3.05) is 13.7 Å². The molecule has 1 aromatic carbocycles. The number of carbonyl (C=O) groups is 3. The zero-order valence-electron chi connectivity index (χ0n) is 15.4. The Bertz CT molecular complexity index is 680. The zero-order valence-corrected chi connectivity index (χ0v) is 15.4. The first-order chi connectivity index (χ1) is 12.5. The lowest BCUT2D eigenvalue weighted by atomic mass is 10.1. The summed E-state index contributed by atoms with van der Waals surface area (Å²) in [4.78, 5) is 36.1. The number of carbonyl (C=O) groups excluding carboxylic acids is 3. The van der Waals surface area contributed by atoms with Crippen LogP contribution >= 0.6 is 0 Å². The molecule has 4 amide bonds. The van der Waals surface area contributed by atoms with E-state index in [1.807, 2.05) is 12.1 Å². The molecular weight excluding hydrogens is 332 g/mol. The number of hydrogen-bond acceptors (Lipinski definition) is 4. The number of imide groups is 2. The Hall–Kier alpha value is -2.63. The second-order valence-corrected chi connectivity index (χ2v) is 6.37. The lowest BCUT2D eigenvalue weighted by Crippen LogP contribution is -2.52. The monoisotopic (exact) mass is 358 g/mol. The van der Waals surface area contributed by atoms with Crippen molar-refractivity contribution in [1.82, 2.24) is 10.2 Å². The van der Waals surface area contributed by atoms with Gasteiger partial charge in [-0.15, -0.1) is 0 Å². The van der Waals surface area contributed by atoms with Crippen molar-refractivity contribution < 1.29 is 19.1 Å². The van der Waals surface area contributed by atoms with Crippen LogP contribution in [-0.4, -0.2) is 36.4 Å². The van der Waals surface area contributed by atoms with E-state index >= 15 is 0 Å². The third-order valence-electron chi connectivity index (χ3n) is 4.26. The van der Waals surface area contributed by atoms with E-state index < -0.39 is 17.8 Å². The van der Waals surface area contributed by atoms with Crippen molar-refractivity contribution in [1.29, 1.82) is 0 Å². The molecule has 26 heavy (non-hydrogen) atoms. The van der Waals surface area contributed by atoms with Crippen LogP contribution in [0.4, 0.5) is 4.79 Å². The number of ether oxygens (including phenoxy) is 1. The van der Waals surface area contributed by atoms with Gasteiger partial charge in [0.15, 0.2) is 0 Å². The fraction of sp³-hybridized carbons (Fsp3) is 0.450. The van der Waals surface area contributed by atoms with Gasteiger partial charge >= 0.3 is 6.03 Å². The highest BCUT2D eigenvalue weighted by molar-refractivity contribution is 6.30. The van der Waals surface area contributed by atoms with Crippen LogP contribution in [0, 0.1) is 0 Å². The summed E-state index contributed by atoms with van der Waals surface area (Å²) in [5, 5.41) is 2.13. The molecule has 0 aromatic heterocycles. The lowest BCUT2D eigenvalue weighted by molar-refractivity contribution is -0.129. The molecule has 1 heterocycles. The first kappa shape index (κ1) is 19.7. The van der Waals surface area contributed by atoms with E-state index in [1.54, 1.807) is 12.1 Å². The molecule has 0 atom stereocenters. The maximum Gasteiger partial charge on any atom is 0.331 e. The van der Waals surface area contributed by atoms with Gasteiger partial charge < -0.3 is 4.74 Å². The van der Waals surface area contributed by atoms with Crippen molar-refractivity contribution in [3.8, 4) is 5.75 Å². The number of rotatable bonds is 9. The van der Waals surface area contributed by atoms with Crippen LogP contribution in [0.15, 0.2) is 29.8 Å². The minimum absolute atomic E-state index is 0.0622. The Morgan fingerprint density at radius 2 is 1.65 bits per heavy atom. The van der Waals surface area contributed by atoms with Gasteiger partial charge in [0.1, 0.15) is 11.3 Å². The van der Waals surface area contributed by atoms with Gasteiger partial charge in [-0.05, 0) is 30.2 Å². The van der Waals surface area contributed by atoms with E-state index in [0.717, 1.165) is 17.1 Å². The van der Waals surface area contributed by atoms with Crippen LogP contribution in [0.2, 0.25) is 0 Å². The van der Waals surface area contributed by atoms with Gasteiger partial charge in [-0.1, -0.05) is 51.2 Å². The minimum atomic E-state index is -0.712. The number of nitrogens with one attached hydrogen (secondary N) is 1. The third-order valence-corrected chi connectivity index (χ3v) is 4.26. The summed E-state index contributed by atoms with van der Waals surface area (Å²) in [5.74, 6) is -0.531. The van der Waals surface area contributed by atoms with Crippen molar-refractivity contribution in [3.05, 3.63) is 35.4 Å². The highest BCUT2D eigenvalue weighted by Gasteiger charge is 2.32. The van der Waals surface area contributed by atoms with Crippen molar-refractivity contribution in [3.63, 3.8) is 0 Å². The summed E-state index contributed by atoms with van der Waals surface area (Å²) < 4.78 is 5.71. The summed E-state index contributed by atoms with van der Waals surface area (Å²) >= 11 is 0. The van der Waals surface area contributed by atoms with Crippen molar-refractivity contribution >= 4 is 23.9 Å². The van der Waals surface area contributed by atoms with Gasteiger partial charge in [0.25, 0.3) is 11.8 Å². The number of hydrogen-bond donors (Lipinski definition) is 1. The quantitative estimate of drug-likeness (QED) is 0.416. The normalized spacial score (nSPS) is 16.2. The van der Waals surface area contributed by atoms with E-state index in [1.165, 1.54) is 45.2 Å². The Kier molecular flexibility index (Phi) is 7.38. The van der Waals surface area contributed by atoms with Crippen molar-refractivity contribution in [2.24, 2.45) is 0 Å². The van der Waals surface area contributed by atoms with Crippen LogP contribution in [0.3, 0.4) is 0 Å². The molecular formula is C20H26N2O4. The second kappa shape index (κ2) is 9.75. The van der Waals surface area contributed by atoms with Crippen molar-refractivity contribution in [2.45, 2.75) is 45.4 Å². The molecule has 140 valence electrons. The molecule has 2 rings (SSSR count). The number of unbranched alkanes of at least 4 members (excludes halogenated alkanes) is 5. The van der Waals surface area contributed by atoms with Crippen LogP contribution in [0.1, 0.15) is 51.0 Å². The summed E-state index contributed by atoms with van der Waals surface area (Å²) in [5.41, 5.74) is 0.631. The Labute approximate surface area is 154 Å². The van der Waals surface area contributed by atoms with Crippen LogP contribution < -0.4 is 10.1 Å². The molecule has 0 spiro atoms. The number of likely N-dealkylation sites (N-methyl/N-ethyl adjacent to an activating group) is 1. The molecule has 1 saturated heterocycles. The van der Waals surface area contributed by atoms with Gasteiger partial charge in [-0.3, -0.25) is 19.8 Å². The second-order valence-electron chi connectivity index (χ2n) is 6.37. The highest BCUT2D eigenvalue weighted by Crippen LogP contribution is 2.17. The van der Waals surface area contributed by atoms with E-state index in [2.05, 4.69) is 12.2 Å². The predicted molar refractivity (Wildman–Crippen MR) is 99.6 cm³/mol. The molecule has 1 fully saturated rings. The average Bonchev–Trinajstić information content (AvgIpc) is 2.64. The summed E-state index contributed by atoms with van der Waals surface area (Å²) in [6.45, 7) is 2.89. The maximum atomic E-state index is 12.0. The zero-order chi connectivity index (χ0) is 18.9. The first-order valence-electron chi connectivity index (χ1n) is 9.11. The highest BCUT2D eigenvalue weighted by atomic mass is 16.5. The SMILES string of the molecule is CCCCCCCCOc1ccc(/C=C2/C(=O)NC(=O)N(C)C2=O)cc1. The smallest absolute Gasteiger partial charge is 0.331 e. The number of benzene rings is 1. The van der Waals surface area contributed by atoms with E-state index in [0.29, 0.717) is 12.2 Å². The van der Waals surface area contributed by atoms with E-state index in [9.17, 15) is 14.4 Å². The lowest BCUT2D eigenvalue weighted by Gasteiger charge is -2.22. The summed E-state index contributed by atoms with van der Waals surface area (Å²) in [6, 6.07) is 6.46. The van der Waals surface area contributed by atoms with Gasteiger partial charge in [-0.2, -0.15) is 0 Å². The van der Waals surface area contributed by atoms with Gasteiger partial charge in [0.05, 0.1) is 6.61 Å². The van der Waals surface area contributed by atoms with E-state index in [-0.39, 0.29) is 5.57 Å². The molecule has 6 nitrogen and oxygen atoms in total. The standard InChI is InChI=1S/C20H26N2O4/c1-3-4-5-6-7-8-13-26-16-11-9-15(10-12-16)14-17-18(23)21-20(25)22(2)19(17)24/h9-12,14H,3-8,13H2,1-2H3,(H,21,23,25)/b17-14-. The number of amides is 4. The Morgan fingerprint density at radius 1 is 1.00 bits per heavy atom. The van der Waals surface area contributed by atoms with Gasteiger partial charge in [0, 0.05) is 7.05 Å². The molecule has 1 aliphatic heterocycles. The largest absolute Gasteiger partial charge is 0.494 e. The molecule has 0 radical (unpaired) electrons. The number of barbiturate groups is 1.